The number of anilines is 1. The predicted molar refractivity (Wildman–Crippen MR) is 86.4 cm³/mol. The number of carbonyl (C=O) groups excluding carboxylic acids is 1. The van der Waals surface area contributed by atoms with Crippen LogP contribution in [0.2, 0.25) is 15.1 Å². The number of rotatable bonds is 3. The van der Waals surface area contributed by atoms with Crippen molar-refractivity contribution >= 4 is 46.4 Å². The van der Waals surface area contributed by atoms with Crippen LogP contribution in [0.25, 0.3) is 0 Å². The van der Waals surface area contributed by atoms with Crippen molar-refractivity contribution in [1.82, 2.24) is 10.2 Å². The summed E-state index contributed by atoms with van der Waals surface area (Å²) in [7, 11) is 0. The molecule has 2 heterocycles. The lowest BCUT2D eigenvalue weighted by Gasteiger charge is -2.17. The van der Waals surface area contributed by atoms with Gasteiger partial charge < -0.3 is 10.6 Å². The van der Waals surface area contributed by atoms with Crippen LogP contribution in [0.1, 0.15) is 0 Å². The zero-order chi connectivity index (χ0) is 15.0. The molecule has 114 valence electrons. The van der Waals surface area contributed by atoms with Gasteiger partial charge in [0.05, 0.1) is 22.3 Å². The molecule has 1 aromatic rings. The van der Waals surface area contributed by atoms with Crippen molar-refractivity contribution < 1.29 is 4.79 Å². The number of halogens is 3. The van der Waals surface area contributed by atoms with E-state index in [0.29, 0.717) is 39.1 Å². The summed E-state index contributed by atoms with van der Waals surface area (Å²) in [4.78, 5) is 14.3. The molecule has 2 aliphatic rings. The molecular weight excluding hydrogens is 333 g/mol. The van der Waals surface area contributed by atoms with Crippen LogP contribution < -0.4 is 10.6 Å². The number of hydrogen-bond acceptors (Lipinski definition) is 3. The van der Waals surface area contributed by atoms with E-state index in [1.807, 2.05) is 0 Å². The van der Waals surface area contributed by atoms with Crippen LogP contribution in [0.4, 0.5) is 5.69 Å². The fraction of sp³-hybridized carbons (Fsp3) is 0.500. The average Bonchev–Trinajstić information content (AvgIpc) is 2.94. The van der Waals surface area contributed by atoms with Gasteiger partial charge in [0.25, 0.3) is 0 Å². The first-order valence-electron chi connectivity index (χ1n) is 6.90. The van der Waals surface area contributed by atoms with Crippen molar-refractivity contribution in [1.29, 1.82) is 0 Å². The van der Waals surface area contributed by atoms with Crippen LogP contribution in [0, 0.1) is 11.8 Å². The Morgan fingerprint density at radius 1 is 1.19 bits per heavy atom. The number of benzene rings is 1. The monoisotopic (exact) mass is 347 g/mol. The molecule has 7 heteroatoms. The van der Waals surface area contributed by atoms with Gasteiger partial charge in [0.15, 0.2) is 0 Å². The van der Waals surface area contributed by atoms with Crippen LogP contribution in [-0.2, 0) is 4.79 Å². The van der Waals surface area contributed by atoms with E-state index in [1.165, 1.54) is 0 Å². The lowest BCUT2D eigenvalue weighted by molar-refractivity contribution is -0.117. The molecule has 2 aliphatic heterocycles. The number of fused-ring (bicyclic) bond motifs is 1. The predicted octanol–water partition coefficient (Wildman–Crippen LogP) is 2.74. The van der Waals surface area contributed by atoms with Crippen molar-refractivity contribution in [3.05, 3.63) is 27.2 Å². The minimum Gasteiger partial charge on any atom is -0.322 e. The van der Waals surface area contributed by atoms with Crippen molar-refractivity contribution in [2.45, 2.75) is 0 Å². The van der Waals surface area contributed by atoms with E-state index < -0.39 is 0 Å². The number of carbonyl (C=O) groups is 1. The molecule has 0 aliphatic carbocycles. The molecule has 0 aromatic heterocycles. The molecule has 2 saturated heterocycles. The van der Waals surface area contributed by atoms with E-state index >= 15 is 0 Å². The number of amides is 1. The molecule has 1 aromatic carbocycles. The summed E-state index contributed by atoms with van der Waals surface area (Å²) in [6.07, 6.45) is 0. The number of likely N-dealkylation sites (tertiary alicyclic amines) is 1. The molecule has 2 unspecified atom stereocenters. The van der Waals surface area contributed by atoms with Crippen LogP contribution in [0.15, 0.2) is 12.1 Å². The summed E-state index contributed by atoms with van der Waals surface area (Å²) < 4.78 is 0. The lowest BCUT2D eigenvalue weighted by atomic mass is 10.0. The summed E-state index contributed by atoms with van der Waals surface area (Å²) in [6.45, 7) is 4.40. The number of hydrogen-bond donors (Lipinski definition) is 2. The normalized spacial score (nSPS) is 25.1. The van der Waals surface area contributed by atoms with E-state index in [-0.39, 0.29) is 5.91 Å². The highest BCUT2D eigenvalue weighted by atomic mass is 35.5. The second-order valence-electron chi connectivity index (χ2n) is 5.67. The fourth-order valence-corrected chi connectivity index (χ4v) is 4.04. The Bertz CT molecular complexity index is 531. The molecule has 4 nitrogen and oxygen atoms in total. The Morgan fingerprint density at radius 2 is 1.76 bits per heavy atom. The molecule has 1 amide bonds. The Labute approximate surface area is 138 Å². The van der Waals surface area contributed by atoms with Gasteiger partial charge in [0.1, 0.15) is 0 Å². The third kappa shape index (κ3) is 3.46. The molecule has 0 radical (unpaired) electrons. The first-order valence-corrected chi connectivity index (χ1v) is 8.04. The lowest BCUT2D eigenvalue weighted by Crippen LogP contribution is -2.33. The van der Waals surface area contributed by atoms with Crippen LogP contribution in [0.3, 0.4) is 0 Å². The van der Waals surface area contributed by atoms with Crippen molar-refractivity contribution in [2.24, 2.45) is 11.8 Å². The van der Waals surface area contributed by atoms with E-state index in [2.05, 4.69) is 15.5 Å². The zero-order valence-corrected chi connectivity index (χ0v) is 13.6. The Morgan fingerprint density at radius 3 is 2.33 bits per heavy atom. The van der Waals surface area contributed by atoms with Crippen molar-refractivity contribution in [2.75, 3.05) is 38.0 Å². The molecule has 2 N–H and O–H groups in total. The Hall–Kier alpha value is -0.520. The Balaban J connectivity index is 1.60. The van der Waals surface area contributed by atoms with Gasteiger partial charge in [-0.05, 0) is 37.1 Å². The molecule has 0 saturated carbocycles. The highest BCUT2D eigenvalue weighted by Gasteiger charge is 2.36. The van der Waals surface area contributed by atoms with Crippen molar-refractivity contribution in [3.63, 3.8) is 0 Å². The second-order valence-corrected chi connectivity index (χ2v) is 6.92. The minimum absolute atomic E-state index is 0.103. The highest BCUT2D eigenvalue weighted by molar-refractivity contribution is 6.42. The third-order valence-corrected chi connectivity index (χ3v) is 4.92. The molecule has 2 atom stereocenters. The quantitative estimate of drug-likeness (QED) is 0.883. The third-order valence-electron chi connectivity index (χ3n) is 4.10. The maximum atomic E-state index is 12.2. The van der Waals surface area contributed by atoms with Gasteiger partial charge >= 0.3 is 0 Å². The summed E-state index contributed by atoms with van der Waals surface area (Å²) in [5.74, 6) is 1.23. The standard InChI is InChI=1S/C14H16Cl3N3O/c15-10-1-11(16)14(12(17)2-10)19-13(21)7-20-5-8-3-18-4-9(8)6-20/h1-2,8-9,18H,3-7H2,(H,19,21). The zero-order valence-electron chi connectivity index (χ0n) is 11.3. The van der Waals surface area contributed by atoms with Crippen LogP contribution in [-0.4, -0.2) is 43.5 Å². The molecule has 2 fully saturated rings. The molecule has 0 bridgehead atoms. The first kappa shape index (κ1) is 15.4. The SMILES string of the molecule is O=C(CN1CC2CNCC2C1)Nc1c(Cl)cc(Cl)cc1Cl. The average molecular weight is 349 g/mol. The molecule has 21 heavy (non-hydrogen) atoms. The van der Waals surface area contributed by atoms with E-state index in [0.717, 1.165) is 26.2 Å². The molecule has 3 rings (SSSR count). The maximum Gasteiger partial charge on any atom is 0.238 e. The summed E-state index contributed by atoms with van der Waals surface area (Å²) >= 11 is 18.0. The summed E-state index contributed by atoms with van der Waals surface area (Å²) in [5.41, 5.74) is 0.425. The topological polar surface area (TPSA) is 44.4 Å². The van der Waals surface area contributed by atoms with Gasteiger partial charge in [-0.25, -0.2) is 0 Å². The summed E-state index contributed by atoms with van der Waals surface area (Å²) in [6, 6.07) is 3.13. The second kappa shape index (κ2) is 6.31. The van der Waals surface area contributed by atoms with Gasteiger partial charge in [0, 0.05) is 18.1 Å². The first-order chi connectivity index (χ1) is 10.0. The maximum absolute atomic E-state index is 12.2. The van der Waals surface area contributed by atoms with Crippen LogP contribution >= 0.6 is 34.8 Å². The van der Waals surface area contributed by atoms with Crippen LogP contribution in [0.5, 0.6) is 0 Å². The minimum atomic E-state index is -0.103. The van der Waals surface area contributed by atoms with Gasteiger partial charge in [-0.3, -0.25) is 9.69 Å². The van der Waals surface area contributed by atoms with Crippen molar-refractivity contribution in [3.8, 4) is 0 Å². The van der Waals surface area contributed by atoms with Gasteiger partial charge in [0.2, 0.25) is 5.91 Å². The van der Waals surface area contributed by atoms with E-state index in [9.17, 15) is 4.79 Å². The largest absolute Gasteiger partial charge is 0.322 e. The summed E-state index contributed by atoms with van der Waals surface area (Å²) in [5, 5.41) is 7.31. The number of nitrogens with one attached hydrogen (secondary N) is 2. The Kier molecular flexibility index (Phi) is 4.62. The fourth-order valence-electron chi connectivity index (χ4n) is 3.13. The van der Waals surface area contributed by atoms with E-state index in [4.69, 9.17) is 34.8 Å². The molecule has 0 spiro atoms. The van der Waals surface area contributed by atoms with E-state index in [1.54, 1.807) is 12.1 Å². The smallest absolute Gasteiger partial charge is 0.238 e. The van der Waals surface area contributed by atoms with Gasteiger partial charge in [-0.2, -0.15) is 0 Å². The molecular formula is C14H16Cl3N3O. The van der Waals surface area contributed by atoms with Gasteiger partial charge in [-0.1, -0.05) is 34.8 Å². The van der Waals surface area contributed by atoms with Gasteiger partial charge in [-0.15, -0.1) is 0 Å². The number of nitrogens with zero attached hydrogens (tertiary/aromatic N) is 1. The highest BCUT2D eigenvalue weighted by Crippen LogP contribution is 2.33.